The molecule has 0 spiro atoms. The Bertz CT molecular complexity index is 767. The number of pyridine rings is 1. The summed E-state index contributed by atoms with van der Waals surface area (Å²) in [6, 6.07) is 5.69. The summed E-state index contributed by atoms with van der Waals surface area (Å²) in [7, 11) is 0. The predicted octanol–water partition coefficient (Wildman–Crippen LogP) is 1.54. The molecule has 0 aliphatic carbocycles. The SMILES string of the molecule is Cc1nnsc1C(=O)NCCn1ccnc1-c1ccccn1. The molecule has 0 aliphatic rings. The second-order valence-electron chi connectivity index (χ2n) is 4.60. The number of rotatable bonds is 5. The number of imidazole rings is 1. The van der Waals surface area contributed by atoms with E-state index in [0.29, 0.717) is 23.7 Å². The van der Waals surface area contributed by atoms with Crippen LogP contribution in [0.25, 0.3) is 11.5 Å². The number of carbonyl (C=O) groups excluding carboxylic acids is 1. The van der Waals surface area contributed by atoms with Crippen LogP contribution in [0.2, 0.25) is 0 Å². The lowest BCUT2D eigenvalue weighted by Crippen LogP contribution is -2.27. The second-order valence-corrected chi connectivity index (χ2v) is 5.36. The Morgan fingerprint density at radius 2 is 2.23 bits per heavy atom. The quantitative estimate of drug-likeness (QED) is 0.772. The monoisotopic (exact) mass is 314 g/mol. The summed E-state index contributed by atoms with van der Waals surface area (Å²) in [5.41, 5.74) is 1.46. The van der Waals surface area contributed by atoms with Gasteiger partial charge in [-0.15, -0.1) is 5.10 Å². The molecule has 3 aromatic heterocycles. The summed E-state index contributed by atoms with van der Waals surface area (Å²) < 4.78 is 5.72. The van der Waals surface area contributed by atoms with E-state index < -0.39 is 0 Å². The average molecular weight is 314 g/mol. The molecule has 3 aromatic rings. The van der Waals surface area contributed by atoms with Gasteiger partial charge >= 0.3 is 0 Å². The van der Waals surface area contributed by atoms with Gasteiger partial charge in [0.15, 0.2) is 5.82 Å². The molecule has 0 aromatic carbocycles. The Labute approximate surface area is 131 Å². The summed E-state index contributed by atoms with van der Waals surface area (Å²) >= 11 is 1.10. The van der Waals surface area contributed by atoms with Crippen LogP contribution in [0, 0.1) is 6.92 Å². The molecule has 0 bridgehead atoms. The smallest absolute Gasteiger partial charge is 0.265 e. The van der Waals surface area contributed by atoms with Crippen molar-refractivity contribution in [1.29, 1.82) is 0 Å². The van der Waals surface area contributed by atoms with Gasteiger partial charge in [0, 0.05) is 31.7 Å². The molecular formula is C14H14N6OS. The summed E-state index contributed by atoms with van der Waals surface area (Å²) in [5, 5.41) is 6.70. The highest BCUT2D eigenvalue weighted by molar-refractivity contribution is 7.07. The van der Waals surface area contributed by atoms with E-state index in [-0.39, 0.29) is 5.91 Å². The van der Waals surface area contributed by atoms with Crippen LogP contribution in [0.1, 0.15) is 15.4 Å². The third-order valence-electron chi connectivity index (χ3n) is 3.11. The van der Waals surface area contributed by atoms with Crippen molar-refractivity contribution in [3.8, 4) is 11.5 Å². The standard InChI is InChI=1S/C14H14N6OS/c1-10-12(22-19-18-10)14(21)17-7-9-20-8-6-16-13(20)11-4-2-3-5-15-11/h2-6,8H,7,9H2,1H3,(H,17,21). The lowest BCUT2D eigenvalue weighted by molar-refractivity contribution is 0.0955. The van der Waals surface area contributed by atoms with Crippen molar-refractivity contribution in [3.63, 3.8) is 0 Å². The predicted molar refractivity (Wildman–Crippen MR) is 82.4 cm³/mol. The highest BCUT2D eigenvalue weighted by Gasteiger charge is 2.13. The lowest BCUT2D eigenvalue weighted by Gasteiger charge is -2.08. The molecule has 1 amide bonds. The molecule has 3 heterocycles. The molecule has 3 rings (SSSR count). The van der Waals surface area contributed by atoms with E-state index in [4.69, 9.17) is 0 Å². The molecule has 112 valence electrons. The first-order valence-corrected chi connectivity index (χ1v) is 7.53. The van der Waals surface area contributed by atoms with Crippen molar-refractivity contribution in [2.24, 2.45) is 0 Å². The van der Waals surface area contributed by atoms with Crippen LogP contribution >= 0.6 is 11.5 Å². The summed E-state index contributed by atoms with van der Waals surface area (Å²) in [5.74, 6) is 0.637. The van der Waals surface area contributed by atoms with Crippen LogP contribution < -0.4 is 5.32 Å². The van der Waals surface area contributed by atoms with Gasteiger partial charge in [0.2, 0.25) is 0 Å². The maximum absolute atomic E-state index is 12.0. The zero-order chi connectivity index (χ0) is 15.4. The topological polar surface area (TPSA) is 85.6 Å². The van der Waals surface area contributed by atoms with E-state index in [1.807, 2.05) is 29.0 Å². The van der Waals surface area contributed by atoms with Gasteiger partial charge in [-0.25, -0.2) is 4.98 Å². The average Bonchev–Trinajstić information content (AvgIpc) is 3.17. The molecule has 22 heavy (non-hydrogen) atoms. The molecule has 8 heteroatoms. The van der Waals surface area contributed by atoms with E-state index in [9.17, 15) is 4.79 Å². The van der Waals surface area contributed by atoms with Crippen molar-refractivity contribution >= 4 is 17.4 Å². The first-order valence-electron chi connectivity index (χ1n) is 6.75. The molecule has 0 saturated carbocycles. The minimum absolute atomic E-state index is 0.146. The Hall–Kier alpha value is -2.61. The number of aryl methyl sites for hydroxylation is 1. The number of hydrogen-bond acceptors (Lipinski definition) is 6. The van der Waals surface area contributed by atoms with Gasteiger partial charge in [0.25, 0.3) is 5.91 Å². The zero-order valence-corrected chi connectivity index (χ0v) is 12.7. The number of nitrogens with one attached hydrogen (secondary N) is 1. The van der Waals surface area contributed by atoms with Gasteiger partial charge in [0.1, 0.15) is 10.6 Å². The number of carbonyl (C=O) groups is 1. The summed E-state index contributed by atoms with van der Waals surface area (Å²) in [6.45, 7) is 2.88. The van der Waals surface area contributed by atoms with Crippen LogP contribution in [-0.4, -0.2) is 36.6 Å². The van der Waals surface area contributed by atoms with Gasteiger partial charge in [0.05, 0.1) is 5.69 Å². The van der Waals surface area contributed by atoms with Crippen molar-refractivity contribution in [2.45, 2.75) is 13.5 Å². The summed E-state index contributed by atoms with van der Waals surface area (Å²) in [4.78, 5) is 21.2. The third-order valence-corrected chi connectivity index (χ3v) is 3.93. The molecule has 0 unspecified atom stereocenters. The molecular weight excluding hydrogens is 300 g/mol. The largest absolute Gasteiger partial charge is 0.349 e. The normalized spacial score (nSPS) is 10.6. The number of hydrogen-bond donors (Lipinski definition) is 1. The molecule has 0 aliphatic heterocycles. The van der Waals surface area contributed by atoms with Crippen molar-refractivity contribution in [3.05, 3.63) is 47.4 Å². The lowest BCUT2D eigenvalue weighted by atomic mass is 10.3. The number of nitrogens with zero attached hydrogens (tertiary/aromatic N) is 5. The highest BCUT2D eigenvalue weighted by Crippen LogP contribution is 2.13. The van der Waals surface area contributed by atoms with Crippen LogP contribution in [0.15, 0.2) is 36.8 Å². The van der Waals surface area contributed by atoms with E-state index in [1.54, 1.807) is 19.3 Å². The zero-order valence-electron chi connectivity index (χ0n) is 11.9. The number of aromatic nitrogens is 5. The molecule has 0 radical (unpaired) electrons. The fourth-order valence-corrected chi connectivity index (χ4v) is 2.60. The Balaban J connectivity index is 1.63. The summed E-state index contributed by atoms with van der Waals surface area (Å²) in [6.07, 6.45) is 5.33. The van der Waals surface area contributed by atoms with Gasteiger partial charge < -0.3 is 9.88 Å². The molecule has 1 N–H and O–H groups in total. The molecule has 0 fully saturated rings. The van der Waals surface area contributed by atoms with Gasteiger partial charge in [-0.05, 0) is 30.6 Å². The fraction of sp³-hybridized carbons (Fsp3) is 0.214. The van der Waals surface area contributed by atoms with Crippen molar-refractivity contribution in [2.75, 3.05) is 6.54 Å². The Kier molecular flexibility index (Phi) is 4.19. The fourth-order valence-electron chi connectivity index (χ4n) is 2.03. The Morgan fingerprint density at radius 1 is 1.32 bits per heavy atom. The van der Waals surface area contributed by atoms with Gasteiger partial charge in [-0.2, -0.15) is 0 Å². The van der Waals surface area contributed by atoms with Gasteiger partial charge in [-0.1, -0.05) is 10.6 Å². The molecule has 0 atom stereocenters. The maximum atomic E-state index is 12.0. The molecule has 0 saturated heterocycles. The minimum atomic E-state index is -0.146. The van der Waals surface area contributed by atoms with Gasteiger partial charge in [-0.3, -0.25) is 9.78 Å². The molecule has 7 nitrogen and oxygen atoms in total. The highest BCUT2D eigenvalue weighted by atomic mass is 32.1. The van der Waals surface area contributed by atoms with Crippen LogP contribution in [0.5, 0.6) is 0 Å². The second kappa shape index (κ2) is 6.44. The minimum Gasteiger partial charge on any atom is -0.349 e. The van der Waals surface area contributed by atoms with Crippen LogP contribution in [-0.2, 0) is 6.54 Å². The van der Waals surface area contributed by atoms with Crippen molar-refractivity contribution in [1.82, 2.24) is 29.4 Å². The van der Waals surface area contributed by atoms with E-state index in [1.165, 1.54) is 0 Å². The van der Waals surface area contributed by atoms with E-state index in [2.05, 4.69) is 24.9 Å². The number of amides is 1. The Morgan fingerprint density at radius 3 is 2.95 bits per heavy atom. The third kappa shape index (κ3) is 3.01. The van der Waals surface area contributed by atoms with Crippen LogP contribution in [0.3, 0.4) is 0 Å². The van der Waals surface area contributed by atoms with Crippen LogP contribution in [0.4, 0.5) is 0 Å². The van der Waals surface area contributed by atoms with Crippen molar-refractivity contribution < 1.29 is 4.79 Å². The van der Waals surface area contributed by atoms with E-state index >= 15 is 0 Å². The maximum Gasteiger partial charge on any atom is 0.265 e. The van der Waals surface area contributed by atoms with E-state index in [0.717, 1.165) is 23.1 Å². The first-order chi connectivity index (χ1) is 10.8. The first kappa shape index (κ1) is 14.3.